The van der Waals surface area contributed by atoms with Crippen LogP contribution < -0.4 is 5.73 Å². The Morgan fingerprint density at radius 2 is 2.00 bits per heavy atom. The first-order valence-electron chi connectivity index (χ1n) is 7.40. The van der Waals surface area contributed by atoms with Crippen LogP contribution in [0.4, 0.5) is 0 Å². The molecule has 1 saturated carbocycles. The highest BCUT2D eigenvalue weighted by atomic mass is 16.5. The fourth-order valence-corrected chi connectivity index (χ4v) is 4.23. The number of likely N-dealkylation sites (tertiary alicyclic amines) is 1. The van der Waals surface area contributed by atoms with Crippen molar-refractivity contribution in [1.82, 2.24) is 4.90 Å². The van der Waals surface area contributed by atoms with Crippen LogP contribution in [0, 0.1) is 10.8 Å². The van der Waals surface area contributed by atoms with Crippen molar-refractivity contribution in [2.75, 3.05) is 13.2 Å². The normalized spacial score (nSPS) is 32.9. The smallest absolute Gasteiger partial charge is 0.332 e. The number of amides is 1. The van der Waals surface area contributed by atoms with Gasteiger partial charge in [-0.15, -0.1) is 0 Å². The average molecular weight is 282 g/mol. The zero-order valence-corrected chi connectivity index (χ0v) is 12.9. The minimum Gasteiger partial charge on any atom is -0.464 e. The highest BCUT2D eigenvalue weighted by Crippen LogP contribution is 2.52. The molecule has 1 aliphatic heterocycles. The van der Waals surface area contributed by atoms with Gasteiger partial charge in [-0.3, -0.25) is 4.79 Å². The van der Waals surface area contributed by atoms with Crippen LogP contribution in [-0.2, 0) is 14.3 Å². The summed E-state index contributed by atoms with van der Waals surface area (Å²) >= 11 is 0. The molecule has 114 valence electrons. The van der Waals surface area contributed by atoms with Crippen LogP contribution in [0.25, 0.3) is 0 Å². The molecule has 0 aromatic carbocycles. The fraction of sp³-hybridized carbons (Fsp3) is 0.867. The number of fused-ring (bicyclic) bond motifs is 2. The Labute approximate surface area is 120 Å². The van der Waals surface area contributed by atoms with Crippen LogP contribution in [0.1, 0.15) is 47.0 Å². The standard InChI is InChI=1S/C15H26N2O3/c1-5-20-13(19)11(16)12(18)17-9-15(4)7-10(17)6-14(2,3)8-15/h10-11H,5-9,16H2,1-4H3. The zero-order chi connectivity index (χ0) is 15.1. The zero-order valence-electron chi connectivity index (χ0n) is 12.9. The van der Waals surface area contributed by atoms with Gasteiger partial charge in [-0.25, -0.2) is 4.79 Å². The maximum atomic E-state index is 12.5. The number of hydrogen-bond donors (Lipinski definition) is 1. The van der Waals surface area contributed by atoms with Gasteiger partial charge >= 0.3 is 5.97 Å². The molecule has 2 N–H and O–H groups in total. The van der Waals surface area contributed by atoms with E-state index in [4.69, 9.17) is 10.5 Å². The molecular weight excluding hydrogens is 256 g/mol. The van der Waals surface area contributed by atoms with Gasteiger partial charge < -0.3 is 15.4 Å². The van der Waals surface area contributed by atoms with Gasteiger partial charge in [-0.05, 0) is 37.0 Å². The van der Waals surface area contributed by atoms with E-state index in [0.717, 1.165) is 19.3 Å². The summed E-state index contributed by atoms with van der Waals surface area (Å²) in [5.74, 6) is -0.904. The molecule has 2 aliphatic rings. The Morgan fingerprint density at radius 3 is 2.60 bits per heavy atom. The summed E-state index contributed by atoms with van der Waals surface area (Å²) in [5.41, 5.74) is 6.14. The lowest BCUT2D eigenvalue weighted by Gasteiger charge is -2.39. The lowest BCUT2D eigenvalue weighted by molar-refractivity contribution is -0.151. The first kappa shape index (κ1) is 15.3. The minimum atomic E-state index is -1.18. The van der Waals surface area contributed by atoms with Crippen molar-refractivity contribution in [3.8, 4) is 0 Å². The number of ether oxygens (including phenoxy) is 1. The number of carbonyl (C=O) groups excluding carboxylic acids is 2. The highest BCUT2D eigenvalue weighted by Gasteiger charge is 2.52. The lowest BCUT2D eigenvalue weighted by Crippen LogP contribution is -2.50. The van der Waals surface area contributed by atoms with E-state index < -0.39 is 12.0 Å². The molecule has 2 fully saturated rings. The molecule has 2 bridgehead atoms. The van der Waals surface area contributed by atoms with Gasteiger partial charge in [-0.2, -0.15) is 0 Å². The lowest BCUT2D eigenvalue weighted by atomic mass is 9.65. The fourth-order valence-electron chi connectivity index (χ4n) is 4.23. The molecule has 0 radical (unpaired) electrons. The number of rotatable bonds is 3. The van der Waals surface area contributed by atoms with Gasteiger partial charge in [0.2, 0.25) is 0 Å². The van der Waals surface area contributed by atoms with Gasteiger partial charge in [0.25, 0.3) is 5.91 Å². The van der Waals surface area contributed by atoms with Crippen molar-refractivity contribution in [3.05, 3.63) is 0 Å². The SMILES string of the molecule is CCOC(=O)C(N)C(=O)N1CC2(C)CC1CC(C)(C)C2. The Morgan fingerprint density at radius 1 is 1.35 bits per heavy atom. The third kappa shape index (κ3) is 2.82. The van der Waals surface area contributed by atoms with E-state index in [-0.39, 0.29) is 29.4 Å². The highest BCUT2D eigenvalue weighted by molar-refractivity contribution is 6.02. The van der Waals surface area contributed by atoms with Crippen molar-refractivity contribution >= 4 is 11.9 Å². The first-order chi connectivity index (χ1) is 9.17. The van der Waals surface area contributed by atoms with Crippen molar-refractivity contribution in [2.24, 2.45) is 16.6 Å². The summed E-state index contributed by atoms with van der Waals surface area (Å²) in [6.45, 7) is 9.37. The van der Waals surface area contributed by atoms with Gasteiger partial charge in [-0.1, -0.05) is 20.8 Å². The molecule has 20 heavy (non-hydrogen) atoms. The molecule has 5 nitrogen and oxygen atoms in total. The van der Waals surface area contributed by atoms with E-state index in [1.165, 1.54) is 0 Å². The molecule has 0 aromatic rings. The number of carbonyl (C=O) groups is 2. The van der Waals surface area contributed by atoms with Crippen molar-refractivity contribution < 1.29 is 14.3 Å². The Kier molecular flexibility index (Phi) is 3.84. The van der Waals surface area contributed by atoms with E-state index >= 15 is 0 Å². The summed E-state index contributed by atoms with van der Waals surface area (Å²) in [6.07, 6.45) is 3.09. The van der Waals surface area contributed by atoms with Crippen LogP contribution in [0.15, 0.2) is 0 Å². The maximum Gasteiger partial charge on any atom is 0.332 e. The predicted molar refractivity (Wildman–Crippen MR) is 75.8 cm³/mol. The molecule has 1 amide bonds. The Bertz CT molecular complexity index is 421. The van der Waals surface area contributed by atoms with Crippen LogP contribution in [0.5, 0.6) is 0 Å². The van der Waals surface area contributed by atoms with Gasteiger partial charge in [0, 0.05) is 12.6 Å². The molecule has 1 aliphatic carbocycles. The molecule has 5 heteroatoms. The molecular formula is C15H26N2O3. The van der Waals surface area contributed by atoms with Gasteiger partial charge in [0.05, 0.1) is 6.61 Å². The van der Waals surface area contributed by atoms with Crippen LogP contribution >= 0.6 is 0 Å². The molecule has 1 saturated heterocycles. The average Bonchev–Trinajstić information content (AvgIpc) is 2.57. The largest absolute Gasteiger partial charge is 0.464 e. The quantitative estimate of drug-likeness (QED) is 0.625. The topological polar surface area (TPSA) is 72.6 Å². The van der Waals surface area contributed by atoms with Gasteiger partial charge in [0.1, 0.15) is 0 Å². The van der Waals surface area contributed by atoms with E-state index in [9.17, 15) is 9.59 Å². The molecule has 0 aromatic heterocycles. The van der Waals surface area contributed by atoms with Gasteiger partial charge in [0.15, 0.2) is 6.04 Å². The third-order valence-electron chi connectivity index (χ3n) is 4.50. The summed E-state index contributed by atoms with van der Waals surface area (Å²) in [6, 6.07) is -0.974. The number of esters is 1. The first-order valence-corrected chi connectivity index (χ1v) is 7.40. The summed E-state index contributed by atoms with van der Waals surface area (Å²) < 4.78 is 4.85. The van der Waals surface area contributed by atoms with Crippen molar-refractivity contribution in [2.45, 2.75) is 59.0 Å². The summed E-state index contributed by atoms with van der Waals surface area (Å²) in [5, 5.41) is 0. The second kappa shape index (κ2) is 5.02. The van der Waals surface area contributed by atoms with Crippen LogP contribution in [0.3, 0.4) is 0 Å². The molecule has 2 rings (SSSR count). The Hall–Kier alpha value is -1.10. The van der Waals surface area contributed by atoms with Crippen molar-refractivity contribution in [3.63, 3.8) is 0 Å². The second-order valence-electron chi connectivity index (χ2n) is 7.41. The van der Waals surface area contributed by atoms with E-state index in [1.807, 2.05) is 4.90 Å². The number of nitrogens with two attached hydrogens (primary N) is 1. The van der Waals surface area contributed by atoms with E-state index in [0.29, 0.717) is 6.54 Å². The van der Waals surface area contributed by atoms with Crippen molar-refractivity contribution in [1.29, 1.82) is 0 Å². The van der Waals surface area contributed by atoms with E-state index in [2.05, 4.69) is 20.8 Å². The van der Waals surface area contributed by atoms with Crippen LogP contribution in [-0.4, -0.2) is 42.0 Å². The Balaban J connectivity index is 2.11. The maximum absolute atomic E-state index is 12.5. The summed E-state index contributed by atoms with van der Waals surface area (Å²) in [7, 11) is 0. The predicted octanol–water partition coefficient (Wildman–Crippen LogP) is 1.30. The number of nitrogens with zero attached hydrogens (tertiary/aromatic N) is 1. The van der Waals surface area contributed by atoms with E-state index in [1.54, 1.807) is 6.92 Å². The molecule has 0 spiro atoms. The minimum absolute atomic E-state index is 0.149. The summed E-state index contributed by atoms with van der Waals surface area (Å²) in [4.78, 5) is 25.9. The monoisotopic (exact) mass is 282 g/mol. The third-order valence-corrected chi connectivity index (χ3v) is 4.50. The molecule has 3 atom stereocenters. The molecule has 1 heterocycles. The second-order valence-corrected chi connectivity index (χ2v) is 7.41. The van der Waals surface area contributed by atoms with Crippen LogP contribution in [0.2, 0.25) is 0 Å². The molecule has 3 unspecified atom stereocenters. The number of hydrogen-bond acceptors (Lipinski definition) is 4.